The molecule has 2 rings (SSSR count). The van der Waals surface area contributed by atoms with Crippen molar-refractivity contribution < 1.29 is 14.5 Å². The van der Waals surface area contributed by atoms with Gasteiger partial charge in [0.05, 0.1) is 4.92 Å². The molecule has 1 aliphatic heterocycles. The molecule has 1 N–H and O–H groups in total. The molecule has 0 spiro atoms. The van der Waals surface area contributed by atoms with Gasteiger partial charge in [-0.15, -0.1) is 0 Å². The number of nitrogens with zero attached hydrogens (tertiary/aromatic N) is 1. The number of rotatable bonds is 9. The fraction of sp³-hybridized carbons (Fsp3) is 0.429. The highest BCUT2D eigenvalue weighted by Crippen LogP contribution is 2.40. The summed E-state index contributed by atoms with van der Waals surface area (Å²) in [6, 6.07) is 6.20. The van der Waals surface area contributed by atoms with Crippen molar-refractivity contribution in [1.29, 1.82) is 0 Å². The Hall–Kier alpha value is -2.28. The fourth-order valence-electron chi connectivity index (χ4n) is 3.67. The van der Waals surface area contributed by atoms with Crippen LogP contribution >= 0.6 is 15.9 Å². The summed E-state index contributed by atoms with van der Waals surface area (Å²) in [5.41, 5.74) is 2.91. The molecule has 0 amide bonds. The molecule has 150 valence electrons. The quantitative estimate of drug-likeness (QED) is 0.250. The SMILES string of the molecule is CC(=O)C1=C(C)NC(C)=C(C(=O)CCCCCBr)C1c1cccc([N+](=O)[O-])c1. The average Bonchev–Trinajstić information content (AvgIpc) is 2.64. The number of dihydropyridines is 1. The second-order valence-corrected chi connectivity index (χ2v) is 7.76. The molecule has 0 saturated heterocycles. The van der Waals surface area contributed by atoms with E-state index in [1.165, 1.54) is 19.1 Å². The number of hydrogen-bond acceptors (Lipinski definition) is 5. The van der Waals surface area contributed by atoms with Crippen molar-refractivity contribution in [3.63, 3.8) is 0 Å². The first-order valence-corrected chi connectivity index (χ1v) is 10.4. The summed E-state index contributed by atoms with van der Waals surface area (Å²) < 4.78 is 0. The number of nitro benzene ring substituents is 1. The molecule has 0 aromatic heterocycles. The Kier molecular flexibility index (Phi) is 7.69. The van der Waals surface area contributed by atoms with Crippen LogP contribution < -0.4 is 5.32 Å². The summed E-state index contributed by atoms with van der Waals surface area (Å²) in [5, 5.41) is 15.3. The summed E-state index contributed by atoms with van der Waals surface area (Å²) in [4.78, 5) is 36.3. The Morgan fingerprint density at radius 2 is 1.82 bits per heavy atom. The van der Waals surface area contributed by atoms with Gasteiger partial charge in [-0.2, -0.15) is 0 Å². The summed E-state index contributed by atoms with van der Waals surface area (Å²) in [6.45, 7) is 5.07. The lowest BCUT2D eigenvalue weighted by Gasteiger charge is -2.31. The fourth-order valence-corrected chi connectivity index (χ4v) is 4.07. The van der Waals surface area contributed by atoms with Gasteiger partial charge in [-0.05, 0) is 39.2 Å². The second kappa shape index (κ2) is 9.78. The van der Waals surface area contributed by atoms with Crippen LogP contribution in [0.5, 0.6) is 0 Å². The molecule has 0 fully saturated rings. The van der Waals surface area contributed by atoms with Crippen LogP contribution in [0.2, 0.25) is 0 Å². The third kappa shape index (κ3) is 4.95. The van der Waals surface area contributed by atoms with Crippen LogP contribution in [0, 0.1) is 10.1 Å². The van der Waals surface area contributed by atoms with E-state index in [9.17, 15) is 19.7 Å². The van der Waals surface area contributed by atoms with Gasteiger partial charge in [0.2, 0.25) is 0 Å². The molecule has 0 saturated carbocycles. The monoisotopic (exact) mass is 448 g/mol. The van der Waals surface area contributed by atoms with Crippen LogP contribution in [0.1, 0.15) is 57.9 Å². The number of unbranched alkanes of at least 4 members (excludes halogenated alkanes) is 2. The molecule has 1 aliphatic rings. The highest BCUT2D eigenvalue weighted by Gasteiger charge is 2.35. The third-order valence-corrected chi connectivity index (χ3v) is 5.45. The van der Waals surface area contributed by atoms with E-state index in [0.717, 1.165) is 24.6 Å². The van der Waals surface area contributed by atoms with E-state index in [0.29, 0.717) is 34.5 Å². The molecule has 7 heteroatoms. The molecule has 6 nitrogen and oxygen atoms in total. The minimum absolute atomic E-state index is 0.0256. The predicted octanol–water partition coefficient (Wildman–Crippen LogP) is 4.94. The lowest BCUT2D eigenvalue weighted by molar-refractivity contribution is -0.384. The van der Waals surface area contributed by atoms with E-state index >= 15 is 0 Å². The van der Waals surface area contributed by atoms with Gasteiger partial charge in [-0.25, -0.2) is 0 Å². The number of benzene rings is 1. The molecule has 0 radical (unpaired) electrons. The van der Waals surface area contributed by atoms with Crippen LogP contribution in [0.3, 0.4) is 0 Å². The average molecular weight is 449 g/mol. The van der Waals surface area contributed by atoms with Crippen molar-refractivity contribution in [2.24, 2.45) is 0 Å². The highest BCUT2D eigenvalue weighted by molar-refractivity contribution is 9.09. The van der Waals surface area contributed by atoms with Crippen LogP contribution in [0.4, 0.5) is 5.69 Å². The van der Waals surface area contributed by atoms with Gasteiger partial charge in [0.1, 0.15) is 0 Å². The minimum atomic E-state index is -0.595. The molecule has 1 heterocycles. The maximum Gasteiger partial charge on any atom is 0.269 e. The lowest BCUT2D eigenvalue weighted by atomic mass is 9.76. The molecular weight excluding hydrogens is 424 g/mol. The number of carbonyl (C=O) groups excluding carboxylic acids is 2. The van der Waals surface area contributed by atoms with E-state index in [-0.39, 0.29) is 17.3 Å². The number of halogens is 1. The number of nitro groups is 1. The smallest absolute Gasteiger partial charge is 0.269 e. The predicted molar refractivity (Wildman–Crippen MR) is 112 cm³/mol. The van der Waals surface area contributed by atoms with E-state index < -0.39 is 10.8 Å². The van der Waals surface area contributed by atoms with Gasteiger partial charge in [-0.3, -0.25) is 19.7 Å². The zero-order valence-electron chi connectivity index (χ0n) is 16.4. The first kappa shape index (κ1) is 22.0. The number of non-ortho nitro benzene ring substituents is 1. The molecule has 28 heavy (non-hydrogen) atoms. The Labute approximate surface area is 173 Å². The molecule has 1 unspecified atom stereocenters. The van der Waals surface area contributed by atoms with Crippen molar-refractivity contribution >= 4 is 33.2 Å². The van der Waals surface area contributed by atoms with Gasteiger partial charge in [0.15, 0.2) is 11.6 Å². The van der Waals surface area contributed by atoms with Crippen molar-refractivity contribution in [3.05, 3.63) is 62.5 Å². The number of Topliss-reactive ketones (excluding diaryl/α,β-unsaturated/α-hetero) is 2. The largest absolute Gasteiger partial charge is 0.362 e. The normalized spacial score (nSPS) is 16.8. The van der Waals surface area contributed by atoms with Crippen molar-refractivity contribution in [2.45, 2.75) is 52.4 Å². The topological polar surface area (TPSA) is 89.3 Å². The minimum Gasteiger partial charge on any atom is -0.362 e. The van der Waals surface area contributed by atoms with Crippen molar-refractivity contribution in [3.8, 4) is 0 Å². The Bertz CT molecular complexity index is 858. The van der Waals surface area contributed by atoms with E-state index in [4.69, 9.17) is 0 Å². The van der Waals surface area contributed by atoms with Gasteiger partial charge in [-0.1, -0.05) is 34.5 Å². The first-order chi connectivity index (χ1) is 13.3. The maximum absolute atomic E-state index is 13.1. The number of ketones is 2. The Balaban J connectivity index is 2.50. The van der Waals surface area contributed by atoms with Gasteiger partial charge in [0.25, 0.3) is 5.69 Å². The molecule has 0 bridgehead atoms. The van der Waals surface area contributed by atoms with E-state index in [1.54, 1.807) is 19.1 Å². The highest BCUT2D eigenvalue weighted by atomic mass is 79.9. The van der Waals surface area contributed by atoms with Crippen LogP contribution in [-0.2, 0) is 9.59 Å². The number of hydrogen-bond donors (Lipinski definition) is 1. The molecule has 1 atom stereocenters. The van der Waals surface area contributed by atoms with Crippen molar-refractivity contribution in [2.75, 3.05) is 5.33 Å². The third-order valence-electron chi connectivity index (χ3n) is 4.89. The molecule has 1 aromatic rings. The Morgan fingerprint density at radius 1 is 1.14 bits per heavy atom. The van der Waals surface area contributed by atoms with Gasteiger partial charge >= 0.3 is 0 Å². The van der Waals surface area contributed by atoms with Crippen molar-refractivity contribution in [1.82, 2.24) is 5.32 Å². The first-order valence-electron chi connectivity index (χ1n) is 9.31. The number of alkyl halides is 1. The molecule has 1 aromatic carbocycles. The summed E-state index contributed by atoms with van der Waals surface area (Å²) >= 11 is 3.39. The van der Waals surface area contributed by atoms with Crippen LogP contribution in [0.15, 0.2) is 46.8 Å². The van der Waals surface area contributed by atoms with E-state index in [1.807, 2.05) is 6.92 Å². The van der Waals surface area contributed by atoms with E-state index in [2.05, 4.69) is 21.2 Å². The number of nitrogens with one attached hydrogen (secondary N) is 1. The second-order valence-electron chi connectivity index (χ2n) is 6.97. The number of carbonyl (C=O) groups is 2. The summed E-state index contributed by atoms with van der Waals surface area (Å²) in [7, 11) is 0. The molecule has 0 aliphatic carbocycles. The maximum atomic E-state index is 13.1. The zero-order chi connectivity index (χ0) is 20.8. The van der Waals surface area contributed by atoms with Gasteiger partial charge < -0.3 is 5.32 Å². The summed E-state index contributed by atoms with van der Waals surface area (Å²) in [5.74, 6) is -0.775. The summed E-state index contributed by atoms with van der Waals surface area (Å²) in [6.07, 6.45) is 3.08. The van der Waals surface area contributed by atoms with Crippen LogP contribution in [-0.4, -0.2) is 21.8 Å². The number of allylic oxidation sites excluding steroid dienone is 4. The Morgan fingerprint density at radius 3 is 2.43 bits per heavy atom. The van der Waals surface area contributed by atoms with Gasteiger partial charge in [0, 0.05) is 52.3 Å². The lowest BCUT2D eigenvalue weighted by Crippen LogP contribution is -2.30. The zero-order valence-corrected chi connectivity index (χ0v) is 18.0. The molecular formula is C21H25BrN2O4. The van der Waals surface area contributed by atoms with Crippen LogP contribution in [0.25, 0.3) is 0 Å². The standard InChI is InChI=1S/C21H25BrN2O4/c1-13-19(15(3)25)21(16-8-7-9-17(12-16)24(27)28)20(14(2)23-13)18(26)10-5-4-6-11-22/h7-9,12,21,23H,4-6,10-11H2,1-3H3.